The van der Waals surface area contributed by atoms with E-state index in [1.807, 2.05) is 20.2 Å². The number of ether oxygens (including phenoxy) is 1. The first kappa shape index (κ1) is 15.8. The van der Waals surface area contributed by atoms with E-state index in [0.29, 0.717) is 24.3 Å². The number of carbonyl (C=O) groups excluding carboxylic acids is 1. The number of Topliss-reactive ketones (excluding diaryl/α,β-unsaturated/α-hetero) is 1. The van der Waals surface area contributed by atoms with Gasteiger partial charge in [0, 0.05) is 29.8 Å². The predicted octanol–water partition coefficient (Wildman–Crippen LogP) is 2.15. The van der Waals surface area contributed by atoms with Crippen molar-refractivity contribution in [2.24, 2.45) is 0 Å². The minimum Gasteiger partial charge on any atom is -0.492 e. The van der Waals surface area contributed by atoms with Crippen molar-refractivity contribution in [1.82, 2.24) is 4.90 Å². The van der Waals surface area contributed by atoms with E-state index in [1.54, 1.807) is 6.07 Å². The zero-order valence-electron chi connectivity index (χ0n) is 11.4. The van der Waals surface area contributed by atoms with Gasteiger partial charge in [-0.3, -0.25) is 4.79 Å². The van der Waals surface area contributed by atoms with Crippen molar-refractivity contribution in [1.29, 1.82) is 0 Å². The Labute approximate surface area is 120 Å². The van der Waals surface area contributed by atoms with Crippen molar-refractivity contribution < 1.29 is 9.53 Å². The number of halogens is 1. The van der Waals surface area contributed by atoms with Crippen LogP contribution < -0.4 is 10.5 Å². The molecule has 0 saturated heterocycles. The highest BCUT2D eigenvalue weighted by Gasteiger charge is 2.23. The van der Waals surface area contributed by atoms with E-state index in [0.717, 1.165) is 30.7 Å². The van der Waals surface area contributed by atoms with Gasteiger partial charge < -0.3 is 15.4 Å². The molecule has 1 aromatic carbocycles. The van der Waals surface area contributed by atoms with E-state index in [9.17, 15) is 4.79 Å². The van der Waals surface area contributed by atoms with Gasteiger partial charge in [0.25, 0.3) is 0 Å². The van der Waals surface area contributed by atoms with Crippen LogP contribution in [0.3, 0.4) is 0 Å². The van der Waals surface area contributed by atoms with Crippen LogP contribution in [0.15, 0.2) is 12.1 Å². The number of rotatable bonds is 4. The molecule has 2 rings (SSSR count). The second-order valence-electron chi connectivity index (χ2n) is 4.93. The van der Waals surface area contributed by atoms with Crippen molar-refractivity contribution in [2.45, 2.75) is 19.3 Å². The fourth-order valence-electron chi connectivity index (χ4n) is 2.25. The molecule has 0 bridgehead atoms. The normalized spacial score (nSPS) is 13.9. The first-order valence-corrected chi connectivity index (χ1v) is 6.31. The van der Waals surface area contributed by atoms with Crippen LogP contribution in [0, 0.1) is 0 Å². The smallest absolute Gasteiger partial charge is 0.165 e. The van der Waals surface area contributed by atoms with Gasteiger partial charge in [0.2, 0.25) is 0 Å². The summed E-state index contributed by atoms with van der Waals surface area (Å²) in [5, 5.41) is 0. The van der Waals surface area contributed by atoms with Gasteiger partial charge in [-0.25, -0.2) is 0 Å². The largest absolute Gasteiger partial charge is 0.492 e. The van der Waals surface area contributed by atoms with Gasteiger partial charge in [0.1, 0.15) is 12.4 Å². The minimum atomic E-state index is 0. The Morgan fingerprint density at radius 1 is 1.32 bits per heavy atom. The fourth-order valence-corrected chi connectivity index (χ4v) is 2.25. The number of carbonyl (C=O) groups is 1. The average Bonchev–Trinajstić information content (AvgIpc) is 2.32. The number of anilines is 1. The zero-order chi connectivity index (χ0) is 13.1. The fraction of sp³-hybridized carbons (Fsp3) is 0.500. The number of nitrogens with zero attached hydrogens (tertiary/aromatic N) is 1. The SMILES string of the molecule is CN(C)CCOc1ccc(N)c2c1CCCC2=O.Cl. The summed E-state index contributed by atoms with van der Waals surface area (Å²) < 4.78 is 5.77. The number of fused-ring (bicyclic) bond motifs is 1. The second kappa shape index (κ2) is 6.78. The Bertz CT molecular complexity index is 461. The molecule has 4 nitrogen and oxygen atoms in total. The van der Waals surface area contributed by atoms with E-state index in [-0.39, 0.29) is 18.2 Å². The number of nitrogen functional groups attached to an aromatic ring is 1. The summed E-state index contributed by atoms with van der Waals surface area (Å²) >= 11 is 0. The van der Waals surface area contributed by atoms with Crippen LogP contribution in [0.25, 0.3) is 0 Å². The molecule has 0 aromatic heterocycles. The molecule has 0 saturated carbocycles. The molecule has 0 atom stereocenters. The van der Waals surface area contributed by atoms with E-state index in [4.69, 9.17) is 10.5 Å². The van der Waals surface area contributed by atoms with Crippen molar-refractivity contribution in [2.75, 3.05) is 33.0 Å². The molecule has 1 aliphatic rings. The zero-order valence-corrected chi connectivity index (χ0v) is 12.3. The lowest BCUT2D eigenvalue weighted by Gasteiger charge is -2.21. The Kier molecular flexibility index (Phi) is 5.63. The van der Waals surface area contributed by atoms with Crippen LogP contribution >= 0.6 is 12.4 Å². The maximum atomic E-state index is 11.9. The Hall–Kier alpha value is -1.26. The van der Waals surface area contributed by atoms with Crippen LogP contribution in [-0.4, -0.2) is 37.9 Å². The number of hydrogen-bond acceptors (Lipinski definition) is 4. The van der Waals surface area contributed by atoms with E-state index in [2.05, 4.69) is 4.90 Å². The maximum Gasteiger partial charge on any atom is 0.165 e. The molecule has 1 aliphatic carbocycles. The third-order valence-corrected chi connectivity index (χ3v) is 3.21. The van der Waals surface area contributed by atoms with Gasteiger partial charge in [-0.2, -0.15) is 0 Å². The molecular formula is C14H21ClN2O2. The van der Waals surface area contributed by atoms with Gasteiger partial charge in [-0.15, -0.1) is 12.4 Å². The lowest BCUT2D eigenvalue weighted by Crippen LogP contribution is -2.21. The molecular weight excluding hydrogens is 264 g/mol. The second-order valence-corrected chi connectivity index (χ2v) is 4.93. The van der Waals surface area contributed by atoms with Crippen molar-refractivity contribution in [3.63, 3.8) is 0 Å². The first-order chi connectivity index (χ1) is 8.59. The van der Waals surface area contributed by atoms with Crippen molar-refractivity contribution in [3.05, 3.63) is 23.3 Å². The summed E-state index contributed by atoms with van der Waals surface area (Å²) in [5.41, 5.74) is 8.15. The molecule has 106 valence electrons. The molecule has 0 radical (unpaired) electrons. The van der Waals surface area contributed by atoms with Crippen LogP contribution in [0.2, 0.25) is 0 Å². The summed E-state index contributed by atoms with van der Waals surface area (Å²) in [4.78, 5) is 14.0. The lowest BCUT2D eigenvalue weighted by atomic mass is 9.89. The predicted molar refractivity (Wildman–Crippen MR) is 79.4 cm³/mol. The molecule has 0 heterocycles. The Morgan fingerprint density at radius 2 is 2.05 bits per heavy atom. The minimum absolute atomic E-state index is 0. The average molecular weight is 285 g/mol. The number of ketones is 1. The summed E-state index contributed by atoms with van der Waals surface area (Å²) in [6.45, 7) is 1.48. The quantitative estimate of drug-likeness (QED) is 0.861. The third-order valence-electron chi connectivity index (χ3n) is 3.21. The molecule has 0 spiro atoms. The lowest BCUT2D eigenvalue weighted by molar-refractivity contribution is 0.0972. The van der Waals surface area contributed by atoms with Crippen molar-refractivity contribution in [3.8, 4) is 5.75 Å². The standard InChI is InChI=1S/C14H20N2O2.ClH/c1-16(2)8-9-18-13-7-6-11(15)14-10(13)4-3-5-12(14)17;/h6-7H,3-5,8-9,15H2,1-2H3;1H. The Morgan fingerprint density at radius 3 is 2.74 bits per heavy atom. The molecule has 0 unspecified atom stereocenters. The van der Waals surface area contributed by atoms with E-state index in [1.165, 1.54) is 0 Å². The molecule has 0 fully saturated rings. The van der Waals surface area contributed by atoms with Gasteiger partial charge >= 0.3 is 0 Å². The summed E-state index contributed by atoms with van der Waals surface area (Å²) in [6.07, 6.45) is 2.36. The molecule has 2 N–H and O–H groups in total. The molecule has 1 aromatic rings. The van der Waals surface area contributed by atoms with Gasteiger partial charge in [0.15, 0.2) is 5.78 Å². The monoisotopic (exact) mass is 284 g/mol. The third kappa shape index (κ3) is 3.61. The maximum absolute atomic E-state index is 11.9. The molecule has 5 heteroatoms. The van der Waals surface area contributed by atoms with Gasteiger partial charge in [-0.05, 0) is 39.1 Å². The van der Waals surface area contributed by atoms with Crippen LogP contribution in [0.1, 0.15) is 28.8 Å². The topological polar surface area (TPSA) is 55.6 Å². The molecule has 0 aliphatic heterocycles. The number of benzene rings is 1. The highest BCUT2D eigenvalue weighted by atomic mass is 35.5. The van der Waals surface area contributed by atoms with Gasteiger partial charge in [0.05, 0.1) is 0 Å². The Balaban J connectivity index is 0.00000180. The summed E-state index contributed by atoms with van der Waals surface area (Å²) in [7, 11) is 4.01. The van der Waals surface area contributed by atoms with Crippen molar-refractivity contribution >= 4 is 23.9 Å². The van der Waals surface area contributed by atoms with Gasteiger partial charge in [-0.1, -0.05) is 0 Å². The number of hydrogen-bond donors (Lipinski definition) is 1. The summed E-state index contributed by atoms with van der Waals surface area (Å²) in [5.74, 6) is 0.959. The first-order valence-electron chi connectivity index (χ1n) is 6.31. The van der Waals surface area contributed by atoms with E-state index < -0.39 is 0 Å². The summed E-state index contributed by atoms with van der Waals surface area (Å²) in [6, 6.07) is 3.65. The number of likely N-dealkylation sites (N-methyl/N-ethyl adjacent to an activating group) is 1. The molecule has 19 heavy (non-hydrogen) atoms. The van der Waals surface area contributed by atoms with Crippen LogP contribution in [0.4, 0.5) is 5.69 Å². The van der Waals surface area contributed by atoms with Crippen LogP contribution in [-0.2, 0) is 6.42 Å². The highest BCUT2D eigenvalue weighted by molar-refractivity contribution is 6.03. The number of nitrogens with two attached hydrogens (primary N) is 1. The highest BCUT2D eigenvalue weighted by Crippen LogP contribution is 2.33. The van der Waals surface area contributed by atoms with Crippen LogP contribution in [0.5, 0.6) is 5.75 Å². The molecule has 0 amide bonds. The van der Waals surface area contributed by atoms with E-state index >= 15 is 0 Å².